The molecule has 1 atom stereocenters. The first-order chi connectivity index (χ1) is 8.70. The van der Waals surface area contributed by atoms with Gasteiger partial charge in [-0.15, -0.1) is 11.3 Å². The van der Waals surface area contributed by atoms with Crippen LogP contribution in [-0.4, -0.2) is 17.2 Å². The summed E-state index contributed by atoms with van der Waals surface area (Å²) in [5.41, 5.74) is 0.817. The number of methoxy groups -OCH3 is 1. The molecule has 2 aromatic rings. The first-order valence-electron chi connectivity index (χ1n) is 5.69. The molecule has 5 heteroatoms. The summed E-state index contributed by atoms with van der Waals surface area (Å²) in [5.74, 6) is 1.01. The van der Waals surface area contributed by atoms with E-state index in [-0.39, 0.29) is 11.8 Å². The number of benzene rings is 1. The summed E-state index contributed by atoms with van der Waals surface area (Å²) in [6, 6.07) is 5.37. The summed E-state index contributed by atoms with van der Waals surface area (Å²) in [4.78, 5) is 4.25. The van der Waals surface area contributed by atoms with E-state index in [2.05, 4.69) is 17.2 Å². The Morgan fingerprint density at radius 2 is 2.33 bits per heavy atom. The van der Waals surface area contributed by atoms with Gasteiger partial charge in [-0.2, -0.15) is 0 Å². The van der Waals surface area contributed by atoms with E-state index < -0.39 is 0 Å². The lowest BCUT2D eigenvalue weighted by atomic mass is 10.2. The first kappa shape index (κ1) is 12.9. The third kappa shape index (κ3) is 3.00. The highest BCUT2D eigenvalue weighted by atomic mass is 32.1. The lowest BCUT2D eigenvalue weighted by Gasteiger charge is -2.12. The van der Waals surface area contributed by atoms with Gasteiger partial charge in [-0.05, 0) is 25.1 Å². The maximum Gasteiger partial charge on any atom is 0.120 e. The van der Waals surface area contributed by atoms with Gasteiger partial charge < -0.3 is 15.2 Å². The van der Waals surface area contributed by atoms with E-state index >= 15 is 0 Å². The third-order valence-electron chi connectivity index (χ3n) is 2.71. The molecular weight excluding hydrogens is 248 g/mol. The van der Waals surface area contributed by atoms with Crippen molar-refractivity contribution in [1.29, 1.82) is 0 Å². The third-order valence-corrected chi connectivity index (χ3v) is 3.67. The smallest absolute Gasteiger partial charge is 0.120 e. The van der Waals surface area contributed by atoms with E-state index in [1.165, 1.54) is 0 Å². The molecule has 4 nitrogen and oxygen atoms in total. The summed E-state index contributed by atoms with van der Waals surface area (Å²) in [6.07, 6.45) is 1.79. The van der Waals surface area contributed by atoms with Crippen molar-refractivity contribution in [3.05, 3.63) is 40.3 Å². The fraction of sp³-hybridized carbons (Fsp3) is 0.308. The number of aromatic nitrogens is 1. The van der Waals surface area contributed by atoms with Crippen LogP contribution in [0.3, 0.4) is 0 Å². The van der Waals surface area contributed by atoms with E-state index in [9.17, 15) is 5.11 Å². The van der Waals surface area contributed by atoms with Crippen LogP contribution in [0.5, 0.6) is 11.5 Å². The predicted molar refractivity (Wildman–Crippen MR) is 72.0 cm³/mol. The fourth-order valence-electron chi connectivity index (χ4n) is 1.63. The van der Waals surface area contributed by atoms with Crippen molar-refractivity contribution in [2.75, 3.05) is 7.11 Å². The predicted octanol–water partition coefficient (Wildman–Crippen LogP) is 2.71. The topological polar surface area (TPSA) is 54.4 Å². The lowest BCUT2D eigenvalue weighted by molar-refractivity contribution is 0.409. The Bertz CT molecular complexity index is 500. The van der Waals surface area contributed by atoms with E-state index in [0.717, 1.165) is 16.3 Å². The lowest BCUT2D eigenvalue weighted by Crippen LogP contribution is -2.17. The molecule has 2 rings (SSSR count). The van der Waals surface area contributed by atoms with Gasteiger partial charge in [-0.3, -0.25) is 0 Å². The second kappa shape index (κ2) is 5.84. The largest absolute Gasteiger partial charge is 0.508 e. The Morgan fingerprint density at radius 3 is 3.00 bits per heavy atom. The van der Waals surface area contributed by atoms with Crippen LogP contribution in [0.15, 0.2) is 29.8 Å². The Balaban J connectivity index is 2.01. The van der Waals surface area contributed by atoms with Crippen LogP contribution in [0.1, 0.15) is 23.5 Å². The minimum absolute atomic E-state index is 0.163. The molecule has 0 saturated heterocycles. The van der Waals surface area contributed by atoms with Gasteiger partial charge in [0.25, 0.3) is 0 Å². The van der Waals surface area contributed by atoms with E-state index in [1.54, 1.807) is 36.8 Å². The Kier molecular flexibility index (Phi) is 4.17. The van der Waals surface area contributed by atoms with Crippen LogP contribution < -0.4 is 10.1 Å². The number of thiazole rings is 1. The van der Waals surface area contributed by atoms with Crippen molar-refractivity contribution in [2.45, 2.75) is 19.5 Å². The van der Waals surface area contributed by atoms with Crippen molar-refractivity contribution in [3.8, 4) is 11.5 Å². The number of ether oxygens (including phenoxy) is 1. The van der Waals surface area contributed by atoms with Crippen LogP contribution in [0.2, 0.25) is 0 Å². The number of hydrogen-bond donors (Lipinski definition) is 2. The molecule has 0 aliphatic carbocycles. The average molecular weight is 264 g/mol. The molecule has 96 valence electrons. The molecule has 0 aliphatic rings. The van der Waals surface area contributed by atoms with E-state index in [4.69, 9.17) is 4.74 Å². The normalized spacial score (nSPS) is 12.3. The number of hydrogen-bond acceptors (Lipinski definition) is 5. The van der Waals surface area contributed by atoms with Gasteiger partial charge in [0.2, 0.25) is 0 Å². The Hall–Kier alpha value is -1.59. The van der Waals surface area contributed by atoms with Gasteiger partial charge >= 0.3 is 0 Å². The number of rotatable bonds is 5. The highest BCUT2D eigenvalue weighted by Gasteiger charge is 2.09. The zero-order valence-corrected chi connectivity index (χ0v) is 11.2. The van der Waals surface area contributed by atoms with Gasteiger partial charge in [0.15, 0.2) is 0 Å². The minimum Gasteiger partial charge on any atom is -0.508 e. The maximum atomic E-state index is 9.77. The standard InChI is InChI=1S/C13H16N2O2S/c1-9(13-14-5-6-18-13)15-8-10-7-11(17-2)3-4-12(10)16/h3-7,9,15-16H,8H2,1-2H3. The fourth-order valence-corrected chi connectivity index (χ4v) is 2.30. The van der Waals surface area contributed by atoms with Gasteiger partial charge in [0, 0.05) is 23.7 Å². The Labute approximate surface area is 110 Å². The van der Waals surface area contributed by atoms with Gasteiger partial charge in [0.05, 0.1) is 13.2 Å². The highest BCUT2D eigenvalue weighted by molar-refractivity contribution is 7.09. The quantitative estimate of drug-likeness (QED) is 0.872. The van der Waals surface area contributed by atoms with Crippen molar-refractivity contribution >= 4 is 11.3 Å². The number of phenols is 1. The second-order valence-corrected chi connectivity index (χ2v) is 4.89. The summed E-state index contributed by atoms with van der Waals surface area (Å²) in [7, 11) is 1.61. The summed E-state index contributed by atoms with van der Waals surface area (Å²) < 4.78 is 5.14. The monoisotopic (exact) mass is 264 g/mol. The molecule has 0 fully saturated rings. The first-order valence-corrected chi connectivity index (χ1v) is 6.57. The zero-order chi connectivity index (χ0) is 13.0. The molecule has 1 heterocycles. The highest BCUT2D eigenvalue weighted by Crippen LogP contribution is 2.23. The summed E-state index contributed by atoms with van der Waals surface area (Å²) in [6.45, 7) is 2.62. The van der Waals surface area contributed by atoms with Crippen LogP contribution in [0.25, 0.3) is 0 Å². The number of phenolic OH excluding ortho intramolecular Hbond substituents is 1. The summed E-state index contributed by atoms with van der Waals surface area (Å²) in [5, 5.41) is 16.1. The zero-order valence-electron chi connectivity index (χ0n) is 10.4. The molecule has 0 amide bonds. The minimum atomic E-state index is 0.163. The molecule has 2 N–H and O–H groups in total. The van der Waals surface area contributed by atoms with Gasteiger partial charge in [-0.1, -0.05) is 0 Å². The van der Waals surface area contributed by atoms with Crippen molar-refractivity contribution in [3.63, 3.8) is 0 Å². The van der Waals surface area contributed by atoms with Gasteiger partial charge in [-0.25, -0.2) is 4.98 Å². The molecule has 1 unspecified atom stereocenters. The molecule has 0 radical (unpaired) electrons. The average Bonchev–Trinajstić information content (AvgIpc) is 2.91. The number of aromatic hydroxyl groups is 1. The van der Waals surface area contributed by atoms with E-state index in [0.29, 0.717) is 6.54 Å². The second-order valence-electron chi connectivity index (χ2n) is 3.97. The maximum absolute atomic E-state index is 9.77. The SMILES string of the molecule is COc1ccc(O)c(CNC(C)c2nccs2)c1. The molecular formula is C13H16N2O2S. The number of nitrogens with one attached hydrogen (secondary N) is 1. The molecule has 0 spiro atoms. The van der Waals surface area contributed by atoms with Crippen LogP contribution in [-0.2, 0) is 6.54 Å². The van der Waals surface area contributed by atoms with Crippen LogP contribution >= 0.6 is 11.3 Å². The van der Waals surface area contributed by atoms with Crippen LogP contribution in [0, 0.1) is 0 Å². The Morgan fingerprint density at radius 1 is 1.50 bits per heavy atom. The van der Waals surface area contributed by atoms with Crippen molar-refractivity contribution in [1.82, 2.24) is 10.3 Å². The molecule has 0 aliphatic heterocycles. The van der Waals surface area contributed by atoms with E-state index in [1.807, 2.05) is 11.4 Å². The number of nitrogens with zero attached hydrogens (tertiary/aromatic N) is 1. The molecule has 18 heavy (non-hydrogen) atoms. The summed E-state index contributed by atoms with van der Waals surface area (Å²) >= 11 is 1.62. The van der Waals surface area contributed by atoms with Crippen molar-refractivity contribution < 1.29 is 9.84 Å². The van der Waals surface area contributed by atoms with Gasteiger partial charge in [0.1, 0.15) is 16.5 Å². The van der Waals surface area contributed by atoms with Crippen LogP contribution in [0.4, 0.5) is 0 Å². The molecule has 1 aromatic heterocycles. The molecule has 1 aromatic carbocycles. The molecule has 0 saturated carbocycles. The molecule has 0 bridgehead atoms. The van der Waals surface area contributed by atoms with Crippen molar-refractivity contribution in [2.24, 2.45) is 0 Å².